The van der Waals surface area contributed by atoms with Crippen LogP contribution in [-0.2, 0) is 0 Å². The molecule has 0 heterocycles. The van der Waals surface area contributed by atoms with E-state index in [0.29, 0.717) is 0 Å². The molecule has 0 N–H and O–H groups in total. The van der Waals surface area contributed by atoms with Gasteiger partial charge in [-0.3, -0.25) is 4.79 Å². The summed E-state index contributed by atoms with van der Waals surface area (Å²) in [6.07, 6.45) is 0. The average Bonchev–Trinajstić information content (AvgIpc) is 2.33. The van der Waals surface area contributed by atoms with Gasteiger partial charge in [0.05, 0.1) is 15.6 Å². The van der Waals surface area contributed by atoms with Crippen molar-refractivity contribution in [3.63, 3.8) is 0 Å². The highest BCUT2D eigenvalue weighted by atomic mass is 79.9. The second kappa shape index (κ2) is 4.94. The number of rotatable bonds is 2. The Bertz CT molecular complexity index is 626. The first-order valence-electron chi connectivity index (χ1n) is 4.94. The zero-order valence-electron chi connectivity index (χ0n) is 8.88. The van der Waals surface area contributed by atoms with Crippen LogP contribution in [0.1, 0.15) is 15.9 Å². The topological polar surface area (TPSA) is 17.1 Å². The van der Waals surface area contributed by atoms with E-state index in [0.717, 1.165) is 18.2 Å². The first kappa shape index (κ1) is 12.8. The third kappa shape index (κ3) is 2.31. The van der Waals surface area contributed by atoms with Gasteiger partial charge in [-0.05, 0) is 40.2 Å². The van der Waals surface area contributed by atoms with Crippen LogP contribution in [0.3, 0.4) is 0 Å². The molecule has 0 bridgehead atoms. The van der Waals surface area contributed by atoms with E-state index in [1.807, 2.05) is 0 Å². The van der Waals surface area contributed by atoms with Gasteiger partial charge in [-0.1, -0.05) is 12.1 Å². The van der Waals surface area contributed by atoms with Gasteiger partial charge in [-0.25, -0.2) is 13.2 Å². The molecule has 0 radical (unpaired) electrons. The second-order valence-electron chi connectivity index (χ2n) is 3.56. The Labute approximate surface area is 109 Å². The van der Waals surface area contributed by atoms with Gasteiger partial charge in [0.15, 0.2) is 5.78 Å². The van der Waals surface area contributed by atoms with Crippen LogP contribution in [0.4, 0.5) is 13.2 Å². The van der Waals surface area contributed by atoms with Gasteiger partial charge in [-0.2, -0.15) is 0 Å². The molecule has 0 spiro atoms. The molecule has 0 aromatic heterocycles. The molecule has 0 aliphatic carbocycles. The molecule has 1 nitrogen and oxygen atoms in total. The monoisotopic (exact) mass is 314 g/mol. The van der Waals surface area contributed by atoms with Crippen molar-refractivity contribution in [1.82, 2.24) is 0 Å². The predicted octanol–water partition coefficient (Wildman–Crippen LogP) is 4.10. The molecule has 2 aromatic carbocycles. The van der Waals surface area contributed by atoms with Crippen molar-refractivity contribution >= 4 is 21.7 Å². The summed E-state index contributed by atoms with van der Waals surface area (Å²) in [6.45, 7) is 0. The lowest BCUT2D eigenvalue weighted by Crippen LogP contribution is -2.07. The molecule has 2 rings (SSSR count). The van der Waals surface area contributed by atoms with E-state index >= 15 is 0 Å². The van der Waals surface area contributed by atoms with Crippen LogP contribution < -0.4 is 0 Å². The fraction of sp³-hybridized carbons (Fsp3) is 0. The number of carbonyl (C=O) groups is 1. The molecule has 0 saturated carbocycles. The fourth-order valence-corrected chi connectivity index (χ4v) is 1.80. The lowest BCUT2D eigenvalue weighted by atomic mass is 10.0. The highest BCUT2D eigenvalue weighted by Crippen LogP contribution is 2.22. The summed E-state index contributed by atoms with van der Waals surface area (Å²) < 4.78 is 40.1. The molecule has 0 aliphatic heterocycles. The molecule has 0 aliphatic rings. The summed E-state index contributed by atoms with van der Waals surface area (Å²) in [5.41, 5.74) is -0.793. The highest BCUT2D eigenvalue weighted by molar-refractivity contribution is 9.10. The van der Waals surface area contributed by atoms with Gasteiger partial charge in [0.25, 0.3) is 0 Å². The molecular formula is C13H6BrF3O. The number of hydrogen-bond donors (Lipinski definition) is 0. The van der Waals surface area contributed by atoms with Crippen LogP contribution in [0.15, 0.2) is 40.9 Å². The highest BCUT2D eigenvalue weighted by Gasteiger charge is 2.19. The Morgan fingerprint density at radius 1 is 0.889 bits per heavy atom. The van der Waals surface area contributed by atoms with Gasteiger partial charge >= 0.3 is 0 Å². The van der Waals surface area contributed by atoms with E-state index in [1.165, 1.54) is 18.2 Å². The minimum atomic E-state index is -0.906. The van der Waals surface area contributed by atoms with Crippen molar-refractivity contribution in [1.29, 1.82) is 0 Å². The van der Waals surface area contributed by atoms with Crippen LogP contribution in [0.25, 0.3) is 0 Å². The quantitative estimate of drug-likeness (QED) is 0.602. The number of ketones is 1. The zero-order valence-corrected chi connectivity index (χ0v) is 10.5. The smallest absolute Gasteiger partial charge is 0.199 e. The molecule has 0 saturated heterocycles. The van der Waals surface area contributed by atoms with Crippen molar-refractivity contribution in [2.24, 2.45) is 0 Å². The van der Waals surface area contributed by atoms with E-state index in [-0.39, 0.29) is 10.0 Å². The molecule has 2 aromatic rings. The summed E-state index contributed by atoms with van der Waals surface area (Å²) in [5, 5.41) is 0. The van der Waals surface area contributed by atoms with Crippen molar-refractivity contribution in [3.8, 4) is 0 Å². The van der Waals surface area contributed by atoms with Crippen molar-refractivity contribution in [3.05, 3.63) is 69.4 Å². The molecule has 0 fully saturated rings. The molecule has 0 unspecified atom stereocenters. The molecule has 0 amide bonds. The third-order valence-corrected chi connectivity index (χ3v) is 2.98. The van der Waals surface area contributed by atoms with Gasteiger partial charge in [0.2, 0.25) is 0 Å². The number of benzene rings is 2. The van der Waals surface area contributed by atoms with Gasteiger partial charge in [0, 0.05) is 0 Å². The molecule has 0 atom stereocenters. The third-order valence-electron chi connectivity index (χ3n) is 2.37. The number of halogens is 4. The Morgan fingerprint density at radius 2 is 1.56 bits per heavy atom. The van der Waals surface area contributed by atoms with Crippen LogP contribution >= 0.6 is 15.9 Å². The first-order chi connectivity index (χ1) is 8.50. The Hall–Kier alpha value is -1.62. The summed E-state index contributed by atoms with van der Waals surface area (Å²) in [5.74, 6) is -3.35. The second-order valence-corrected chi connectivity index (χ2v) is 4.41. The normalized spacial score (nSPS) is 10.4. The Kier molecular flexibility index (Phi) is 3.52. The Morgan fingerprint density at radius 3 is 2.22 bits per heavy atom. The van der Waals surface area contributed by atoms with Crippen LogP contribution in [0.5, 0.6) is 0 Å². The zero-order chi connectivity index (χ0) is 13.3. The molecule has 92 valence electrons. The molecule has 5 heteroatoms. The largest absolute Gasteiger partial charge is 0.288 e. The van der Waals surface area contributed by atoms with Crippen LogP contribution in [-0.4, -0.2) is 5.78 Å². The fourth-order valence-electron chi connectivity index (χ4n) is 1.49. The summed E-state index contributed by atoms with van der Waals surface area (Å²) in [7, 11) is 0. The maximum Gasteiger partial charge on any atom is 0.199 e. The Balaban J connectivity index is 2.53. The van der Waals surface area contributed by atoms with Crippen molar-refractivity contribution in [2.45, 2.75) is 0 Å². The predicted molar refractivity (Wildman–Crippen MR) is 63.9 cm³/mol. The standard InChI is InChI=1S/C13H6BrF3O/c14-9-6-11(16)8(5-12(9)17)13(18)7-3-1-2-4-10(7)15/h1-6H. The number of carbonyl (C=O) groups excluding carboxylic acids is 1. The van der Waals surface area contributed by atoms with Crippen LogP contribution in [0, 0.1) is 17.5 Å². The molecule has 18 heavy (non-hydrogen) atoms. The van der Waals surface area contributed by atoms with E-state index in [4.69, 9.17) is 0 Å². The lowest BCUT2D eigenvalue weighted by molar-refractivity contribution is 0.103. The summed E-state index contributed by atoms with van der Waals surface area (Å²) >= 11 is 2.80. The maximum atomic E-state index is 13.6. The van der Waals surface area contributed by atoms with Gasteiger partial charge < -0.3 is 0 Å². The average molecular weight is 315 g/mol. The lowest BCUT2D eigenvalue weighted by Gasteiger charge is -2.05. The minimum Gasteiger partial charge on any atom is -0.288 e. The summed E-state index contributed by atoms with van der Waals surface area (Å²) in [6, 6.07) is 6.74. The van der Waals surface area contributed by atoms with E-state index in [9.17, 15) is 18.0 Å². The van der Waals surface area contributed by atoms with Gasteiger partial charge in [0.1, 0.15) is 17.5 Å². The summed E-state index contributed by atoms with van der Waals surface area (Å²) in [4.78, 5) is 11.9. The van der Waals surface area contributed by atoms with E-state index in [1.54, 1.807) is 0 Å². The van der Waals surface area contributed by atoms with Crippen molar-refractivity contribution in [2.75, 3.05) is 0 Å². The van der Waals surface area contributed by atoms with E-state index < -0.39 is 28.8 Å². The maximum absolute atomic E-state index is 13.6. The molecular weight excluding hydrogens is 309 g/mol. The van der Waals surface area contributed by atoms with Gasteiger partial charge in [-0.15, -0.1) is 0 Å². The van der Waals surface area contributed by atoms with E-state index in [2.05, 4.69) is 15.9 Å². The van der Waals surface area contributed by atoms with Crippen LogP contribution in [0.2, 0.25) is 0 Å². The minimum absolute atomic E-state index is 0.0925. The number of hydrogen-bond acceptors (Lipinski definition) is 1. The van der Waals surface area contributed by atoms with Crippen molar-refractivity contribution < 1.29 is 18.0 Å². The SMILES string of the molecule is O=C(c1ccccc1F)c1cc(F)c(Br)cc1F. The first-order valence-corrected chi connectivity index (χ1v) is 5.74.